The summed E-state index contributed by atoms with van der Waals surface area (Å²) in [4.78, 5) is 0. The molecule has 0 bridgehead atoms. The number of hydrogen-bond acceptors (Lipinski definition) is 2. The zero-order chi connectivity index (χ0) is 10.8. The van der Waals surface area contributed by atoms with Crippen molar-refractivity contribution in [3.63, 3.8) is 0 Å². The van der Waals surface area contributed by atoms with Gasteiger partial charge in [0.25, 0.3) is 0 Å². The molecule has 0 aromatic carbocycles. The van der Waals surface area contributed by atoms with Gasteiger partial charge in [0.1, 0.15) is 3.70 Å². The lowest BCUT2D eigenvalue weighted by atomic mass is 10.2. The first-order valence-electron chi connectivity index (χ1n) is 4.82. The van der Waals surface area contributed by atoms with E-state index in [2.05, 4.69) is 45.8 Å². The van der Waals surface area contributed by atoms with E-state index >= 15 is 0 Å². The van der Waals surface area contributed by atoms with Crippen molar-refractivity contribution >= 4 is 22.6 Å². The highest BCUT2D eigenvalue weighted by Crippen LogP contribution is 2.07. The maximum absolute atomic E-state index is 4.41. The first-order chi connectivity index (χ1) is 7.15. The Labute approximate surface area is 102 Å². The molecule has 0 N–H and O–H groups in total. The Morgan fingerprint density at radius 3 is 2.80 bits per heavy atom. The molecule has 2 heterocycles. The second-order valence-electron chi connectivity index (χ2n) is 3.60. The maximum atomic E-state index is 4.41. The molecule has 4 nitrogen and oxygen atoms in total. The third-order valence-electron chi connectivity index (χ3n) is 2.32. The summed E-state index contributed by atoms with van der Waals surface area (Å²) in [6, 6.07) is 2.09. The first-order valence-corrected chi connectivity index (χ1v) is 5.90. The molecule has 0 amide bonds. The van der Waals surface area contributed by atoms with E-state index in [-0.39, 0.29) is 0 Å². The van der Waals surface area contributed by atoms with Gasteiger partial charge < -0.3 is 0 Å². The van der Waals surface area contributed by atoms with E-state index in [1.165, 1.54) is 11.3 Å². The van der Waals surface area contributed by atoms with Crippen LogP contribution in [0.4, 0.5) is 0 Å². The minimum absolute atomic E-state index is 0.917. The lowest BCUT2D eigenvalue weighted by Gasteiger charge is -2.01. The molecule has 2 aromatic heterocycles. The molecule has 0 aliphatic rings. The van der Waals surface area contributed by atoms with Crippen LogP contribution in [0, 0.1) is 10.6 Å². The molecule has 80 valence electrons. The summed E-state index contributed by atoms with van der Waals surface area (Å²) in [6.07, 6.45) is 4.93. The molecular weight excluding hydrogens is 303 g/mol. The number of aromatic nitrogens is 4. The van der Waals surface area contributed by atoms with Crippen molar-refractivity contribution in [3.8, 4) is 0 Å². The zero-order valence-electron chi connectivity index (χ0n) is 8.81. The van der Waals surface area contributed by atoms with Gasteiger partial charge in [-0.05, 0) is 47.6 Å². The molecule has 5 heteroatoms. The van der Waals surface area contributed by atoms with E-state index in [9.17, 15) is 0 Å². The van der Waals surface area contributed by atoms with E-state index < -0.39 is 0 Å². The van der Waals surface area contributed by atoms with Crippen LogP contribution in [-0.2, 0) is 20.0 Å². The lowest BCUT2D eigenvalue weighted by Crippen LogP contribution is -2.04. The molecule has 0 fully saturated rings. The van der Waals surface area contributed by atoms with Crippen LogP contribution < -0.4 is 0 Å². The summed E-state index contributed by atoms with van der Waals surface area (Å²) in [6.45, 7) is 3.00. The monoisotopic (exact) mass is 316 g/mol. The highest BCUT2D eigenvalue weighted by Gasteiger charge is 2.02. The topological polar surface area (TPSA) is 35.6 Å². The Morgan fingerprint density at radius 1 is 1.47 bits per heavy atom. The number of rotatable bonds is 3. The van der Waals surface area contributed by atoms with Gasteiger partial charge in [-0.3, -0.25) is 9.36 Å². The quantitative estimate of drug-likeness (QED) is 0.809. The summed E-state index contributed by atoms with van der Waals surface area (Å²) >= 11 is 2.24. The van der Waals surface area contributed by atoms with Crippen LogP contribution in [0.1, 0.15) is 11.3 Å². The molecule has 15 heavy (non-hydrogen) atoms. The molecule has 0 aliphatic carbocycles. The van der Waals surface area contributed by atoms with Crippen molar-refractivity contribution in [2.75, 3.05) is 0 Å². The van der Waals surface area contributed by atoms with Gasteiger partial charge >= 0.3 is 0 Å². The van der Waals surface area contributed by atoms with Crippen molar-refractivity contribution in [3.05, 3.63) is 33.4 Å². The minimum atomic E-state index is 0.917. The van der Waals surface area contributed by atoms with Crippen LogP contribution in [0.2, 0.25) is 0 Å². The smallest absolute Gasteiger partial charge is 0.123 e. The van der Waals surface area contributed by atoms with E-state index in [0.29, 0.717) is 0 Å². The Balaban J connectivity index is 2.01. The molecule has 2 rings (SSSR count). The molecule has 0 saturated heterocycles. The van der Waals surface area contributed by atoms with Crippen molar-refractivity contribution in [2.45, 2.75) is 19.9 Å². The number of nitrogens with zero attached hydrogens (tertiary/aromatic N) is 4. The fourth-order valence-corrected chi connectivity index (χ4v) is 2.24. The first kappa shape index (κ1) is 10.7. The molecular formula is C10H13IN4. The highest BCUT2D eigenvalue weighted by molar-refractivity contribution is 14.1. The van der Waals surface area contributed by atoms with Gasteiger partial charge in [0, 0.05) is 25.5 Å². The average molecular weight is 316 g/mol. The Bertz CT molecular complexity index is 458. The van der Waals surface area contributed by atoms with Crippen molar-refractivity contribution < 1.29 is 0 Å². The maximum Gasteiger partial charge on any atom is 0.123 e. The van der Waals surface area contributed by atoms with Gasteiger partial charge in [0.05, 0.1) is 6.20 Å². The van der Waals surface area contributed by atoms with E-state index in [0.717, 1.165) is 16.7 Å². The predicted octanol–water partition coefficient (Wildman–Crippen LogP) is 1.77. The van der Waals surface area contributed by atoms with Crippen LogP contribution >= 0.6 is 22.6 Å². The SMILES string of the molecule is Cc1cc(I)nn1CCc1cnn(C)c1. The normalized spacial score (nSPS) is 10.9. The molecule has 0 saturated carbocycles. The van der Waals surface area contributed by atoms with Crippen LogP contribution in [0.3, 0.4) is 0 Å². The minimum Gasteiger partial charge on any atom is -0.276 e. The highest BCUT2D eigenvalue weighted by atomic mass is 127. The van der Waals surface area contributed by atoms with Gasteiger partial charge in [-0.15, -0.1) is 0 Å². The van der Waals surface area contributed by atoms with Crippen molar-refractivity contribution in [1.82, 2.24) is 19.6 Å². The van der Waals surface area contributed by atoms with Gasteiger partial charge in [0.15, 0.2) is 0 Å². The summed E-state index contributed by atoms with van der Waals surface area (Å²) < 4.78 is 4.92. The van der Waals surface area contributed by atoms with Crippen LogP contribution in [0.25, 0.3) is 0 Å². The third-order valence-corrected chi connectivity index (χ3v) is 2.85. The third kappa shape index (κ3) is 2.58. The number of hydrogen-bond donors (Lipinski definition) is 0. The lowest BCUT2D eigenvalue weighted by molar-refractivity contribution is 0.594. The van der Waals surface area contributed by atoms with Gasteiger partial charge in [0.2, 0.25) is 0 Å². The van der Waals surface area contributed by atoms with E-state index in [4.69, 9.17) is 0 Å². The summed E-state index contributed by atoms with van der Waals surface area (Å²) in [5.41, 5.74) is 2.46. The van der Waals surface area contributed by atoms with Gasteiger partial charge in [-0.1, -0.05) is 0 Å². The van der Waals surface area contributed by atoms with Crippen LogP contribution in [0.15, 0.2) is 18.5 Å². The second kappa shape index (κ2) is 4.34. The number of halogens is 1. The fraction of sp³-hybridized carbons (Fsp3) is 0.400. The Hall–Kier alpha value is -0.850. The number of aryl methyl sites for hydroxylation is 4. The molecule has 0 spiro atoms. The van der Waals surface area contributed by atoms with Crippen LogP contribution in [0.5, 0.6) is 0 Å². The molecule has 2 aromatic rings. The largest absolute Gasteiger partial charge is 0.276 e. The molecule has 0 unspecified atom stereocenters. The second-order valence-corrected chi connectivity index (χ2v) is 4.71. The summed E-state index contributed by atoms with van der Waals surface area (Å²) in [7, 11) is 1.94. The van der Waals surface area contributed by atoms with Gasteiger partial charge in [-0.2, -0.15) is 10.2 Å². The standard InChI is InChI=1S/C10H13IN4/c1-8-5-10(11)13-15(8)4-3-9-6-12-14(2)7-9/h5-7H,3-4H2,1-2H3. The van der Waals surface area contributed by atoms with E-state index in [1.54, 1.807) is 0 Å². The fourth-order valence-electron chi connectivity index (χ4n) is 1.53. The van der Waals surface area contributed by atoms with Crippen LogP contribution in [-0.4, -0.2) is 19.6 Å². The predicted molar refractivity (Wildman–Crippen MR) is 66.6 cm³/mol. The molecule has 0 aliphatic heterocycles. The van der Waals surface area contributed by atoms with Crippen molar-refractivity contribution in [2.24, 2.45) is 7.05 Å². The van der Waals surface area contributed by atoms with E-state index in [1.807, 2.05) is 28.8 Å². The Kier molecular flexibility index (Phi) is 3.08. The van der Waals surface area contributed by atoms with Gasteiger partial charge in [-0.25, -0.2) is 0 Å². The van der Waals surface area contributed by atoms with Crippen molar-refractivity contribution in [1.29, 1.82) is 0 Å². The molecule has 0 radical (unpaired) electrons. The molecule has 0 atom stereocenters. The zero-order valence-corrected chi connectivity index (χ0v) is 11.0. The average Bonchev–Trinajstić information content (AvgIpc) is 2.70. The summed E-state index contributed by atoms with van der Waals surface area (Å²) in [5.74, 6) is 0. The Morgan fingerprint density at radius 2 is 2.27 bits per heavy atom. The summed E-state index contributed by atoms with van der Waals surface area (Å²) in [5, 5.41) is 8.55.